The fourth-order valence-electron chi connectivity index (χ4n) is 1.80. The Bertz CT molecular complexity index is 247. The van der Waals surface area contributed by atoms with Gasteiger partial charge in [0, 0.05) is 18.4 Å². The van der Waals surface area contributed by atoms with Gasteiger partial charge in [-0.05, 0) is 12.8 Å². The van der Waals surface area contributed by atoms with Crippen molar-refractivity contribution in [3.8, 4) is 0 Å². The Hall–Kier alpha value is -1.09. The van der Waals surface area contributed by atoms with Crippen LogP contribution in [-0.2, 0) is 9.53 Å². The van der Waals surface area contributed by atoms with Gasteiger partial charge >= 0.3 is 5.97 Å². The normalized spacial score (nSPS) is 31.9. The molecule has 0 aliphatic heterocycles. The Labute approximate surface area is 84.1 Å². The van der Waals surface area contributed by atoms with Crippen molar-refractivity contribution >= 4 is 5.97 Å². The van der Waals surface area contributed by atoms with E-state index in [0.29, 0.717) is 6.42 Å². The van der Waals surface area contributed by atoms with Gasteiger partial charge in [0.05, 0.1) is 0 Å². The Morgan fingerprint density at radius 2 is 2.21 bits per heavy atom. The van der Waals surface area contributed by atoms with Gasteiger partial charge in [0.25, 0.3) is 0 Å². The molecule has 0 saturated heterocycles. The highest BCUT2D eigenvalue weighted by atomic mass is 16.7. The molecule has 1 fully saturated rings. The van der Waals surface area contributed by atoms with Gasteiger partial charge in [0.2, 0.25) is 5.79 Å². The van der Waals surface area contributed by atoms with E-state index in [1.165, 1.54) is 0 Å². The summed E-state index contributed by atoms with van der Waals surface area (Å²) in [4.78, 5) is 11.0. The van der Waals surface area contributed by atoms with Crippen molar-refractivity contribution < 1.29 is 14.6 Å². The van der Waals surface area contributed by atoms with Crippen LogP contribution in [0.5, 0.6) is 0 Å². The maximum absolute atomic E-state index is 11.0. The molecule has 0 heterocycles. The molecule has 3 nitrogen and oxygen atoms in total. The minimum atomic E-state index is -1.37. The third-order valence-electron chi connectivity index (χ3n) is 2.61. The maximum Gasteiger partial charge on any atom is 0.332 e. The second kappa shape index (κ2) is 4.42. The van der Waals surface area contributed by atoms with E-state index < -0.39 is 11.8 Å². The molecule has 1 aliphatic rings. The van der Waals surface area contributed by atoms with Gasteiger partial charge in [-0.3, -0.25) is 0 Å². The summed E-state index contributed by atoms with van der Waals surface area (Å²) in [6, 6.07) is 0. The summed E-state index contributed by atoms with van der Waals surface area (Å²) >= 11 is 0. The first-order valence-corrected chi connectivity index (χ1v) is 4.82. The third kappa shape index (κ3) is 2.23. The van der Waals surface area contributed by atoms with Crippen LogP contribution in [-0.4, -0.2) is 16.9 Å². The zero-order valence-electron chi connectivity index (χ0n) is 8.24. The topological polar surface area (TPSA) is 46.5 Å². The molecular formula is C11H16O3. The number of carbonyl (C=O) groups is 1. The molecule has 3 heteroatoms. The summed E-state index contributed by atoms with van der Waals surface area (Å²) in [5.41, 5.74) is 0. The third-order valence-corrected chi connectivity index (χ3v) is 2.61. The lowest BCUT2D eigenvalue weighted by atomic mass is 9.83. The zero-order valence-corrected chi connectivity index (χ0v) is 8.24. The number of carbonyl (C=O) groups excluding carboxylic acids is 1. The van der Waals surface area contributed by atoms with Crippen molar-refractivity contribution in [1.29, 1.82) is 0 Å². The predicted molar refractivity (Wildman–Crippen MR) is 53.4 cm³/mol. The van der Waals surface area contributed by atoms with Crippen molar-refractivity contribution in [2.45, 2.75) is 31.5 Å². The molecule has 2 atom stereocenters. The molecule has 2 unspecified atom stereocenters. The second-order valence-electron chi connectivity index (χ2n) is 3.56. The molecule has 0 aromatic carbocycles. The summed E-state index contributed by atoms with van der Waals surface area (Å²) in [6.45, 7) is 6.93. The van der Waals surface area contributed by atoms with Crippen LogP contribution in [0, 0.1) is 5.92 Å². The molecule has 0 amide bonds. The predicted octanol–water partition coefficient (Wildman–Crippen LogP) is 1.78. The van der Waals surface area contributed by atoms with Crippen LogP contribution in [0.2, 0.25) is 0 Å². The van der Waals surface area contributed by atoms with Gasteiger partial charge < -0.3 is 9.84 Å². The average Bonchev–Trinajstić information content (AvgIpc) is 2.18. The monoisotopic (exact) mass is 196 g/mol. The van der Waals surface area contributed by atoms with Crippen LogP contribution in [0.15, 0.2) is 25.3 Å². The molecule has 0 radical (unpaired) electrons. The average molecular weight is 196 g/mol. The lowest BCUT2D eigenvalue weighted by Crippen LogP contribution is -2.43. The Balaban J connectivity index is 2.71. The lowest BCUT2D eigenvalue weighted by Gasteiger charge is -2.37. The summed E-state index contributed by atoms with van der Waals surface area (Å²) in [7, 11) is 0. The van der Waals surface area contributed by atoms with Gasteiger partial charge in [-0.1, -0.05) is 19.1 Å². The number of hydrogen-bond acceptors (Lipinski definition) is 3. The minimum absolute atomic E-state index is 0.167. The minimum Gasteiger partial charge on any atom is -0.429 e. The van der Waals surface area contributed by atoms with Crippen molar-refractivity contribution in [2.24, 2.45) is 5.92 Å². The Morgan fingerprint density at radius 3 is 2.79 bits per heavy atom. The highest BCUT2D eigenvalue weighted by Gasteiger charge is 2.40. The van der Waals surface area contributed by atoms with Crippen LogP contribution in [0.25, 0.3) is 0 Å². The molecular weight excluding hydrogens is 180 g/mol. The van der Waals surface area contributed by atoms with E-state index >= 15 is 0 Å². The summed E-state index contributed by atoms with van der Waals surface area (Å²) in [5, 5.41) is 10.1. The van der Waals surface area contributed by atoms with E-state index in [9.17, 15) is 9.90 Å². The first kappa shape index (κ1) is 11.0. The van der Waals surface area contributed by atoms with Gasteiger partial charge in [0.15, 0.2) is 0 Å². The van der Waals surface area contributed by atoms with Crippen LogP contribution < -0.4 is 0 Å². The van der Waals surface area contributed by atoms with Gasteiger partial charge in [-0.2, -0.15) is 0 Å². The quantitative estimate of drug-likeness (QED) is 0.324. The van der Waals surface area contributed by atoms with Crippen LogP contribution in [0.4, 0.5) is 0 Å². The fourth-order valence-corrected chi connectivity index (χ4v) is 1.80. The number of ether oxygens (including phenoxy) is 1. The van der Waals surface area contributed by atoms with Gasteiger partial charge in [-0.25, -0.2) is 4.79 Å². The van der Waals surface area contributed by atoms with Gasteiger partial charge in [0.1, 0.15) is 0 Å². The number of rotatable bonds is 3. The van der Waals surface area contributed by atoms with Crippen molar-refractivity contribution in [2.75, 3.05) is 0 Å². The first-order chi connectivity index (χ1) is 6.62. The van der Waals surface area contributed by atoms with Crippen LogP contribution in [0.1, 0.15) is 25.7 Å². The van der Waals surface area contributed by atoms with Crippen LogP contribution >= 0.6 is 0 Å². The molecule has 0 spiro atoms. The SMILES string of the molecule is C=CC(=O)OC1(O)CCCCC1C=C. The molecule has 78 valence electrons. The standard InChI is InChI=1S/C11H16O3/c1-3-9-7-5-6-8-11(9,13)14-10(12)4-2/h3-4,9,13H,1-2,5-8H2. The van der Waals surface area contributed by atoms with E-state index in [2.05, 4.69) is 13.2 Å². The fraction of sp³-hybridized carbons (Fsp3) is 0.545. The molecule has 0 aromatic heterocycles. The van der Waals surface area contributed by atoms with E-state index in [0.717, 1.165) is 25.3 Å². The highest BCUT2D eigenvalue weighted by molar-refractivity contribution is 5.81. The van der Waals surface area contributed by atoms with Crippen molar-refractivity contribution in [3.05, 3.63) is 25.3 Å². The molecule has 1 aliphatic carbocycles. The highest BCUT2D eigenvalue weighted by Crippen LogP contribution is 2.35. The molecule has 14 heavy (non-hydrogen) atoms. The molecule has 1 rings (SSSR count). The first-order valence-electron chi connectivity index (χ1n) is 4.82. The van der Waals surface area contributed by atoms with Crippen LogP contribution in [0.3, 0.4) is 0 Å². The van der Waals surface area contributed by atoms with E-state index in [1.807, 2.05) is 0 Å². The second-order valence-corrected chi connectivity index (χ2v) is 3.56. The Morgan fingerprint density at radius 1 is 1.50 bits per heavy atom. The van der Waals surface area contributed by atoms with E-state index in [-0.39, 0.29) is 5.92 Å². The number of hydrogen-bond donors (Lipinski definition) is 1. The molecule has 1 N–H and O–H groups in total. The smallest absolute Gasteiger partial charge is 0.332 e. The summed E-state index contributed by atoms with van der Waals surface area (Å²) < 4.78 is 4.96. The maximum atomic E-state index is 11.0. The van der Waals surface area contributed by atoms with E-state index in [1.54, 1.807) is 6.08 Å². The number of esters is 1. The molecule has 1 saturated carbocycles. The Kier molecular flexibility index (Phi) is 3.47. The van der Waals surface area contributed by atoms with Gasteiger partial charge in [-0.15, -0.1) is 6.58 Å². The van der Waals surface area contributed by atoms with Crippen molar-refractivity contribution in [3.63, 3.8) is 0 Å². The lowest BCUT2D eigenvalue weighted by molar-refractivity contribution is -0.230. The largest absolute Gasteiger partial charge is 0.429 e. The molecule has 0 bridgehead atoms. The molecule has 0 aromatic rings. The number of aliphatic hydroxyl groups is 1. The van der Waals surface area contributed by atoms with Crippen molar-refractivity contribution in [1.82, 2.24) is 0 Å². The summed E-state index contributed by atoms with van der Waals surface area (Å²) in [5.74, 6) is -2.12. The zero-order chi connectivity index (χ0) is 10.6. The summed E-state index contributed by atoms with van der Waals surface area (Å²) in [6.07, 6.45) is 5.89. The van der Waals surface area contributed by atoms with E-state index in [4.69, 9.17) is 4.74 Å².